The van der Waals surface area contributed by atoms with E-state index in [2.05, 4.69) is 33.2 Å². The Hall–Kier alpha value is -2.76. The number of aromatic nitrogens is 2. The molecule has 8 nitrogen and oxygen atoms in total. The Bertz CT molecular complexity index is 917. The van der Waals surface area contributed by atoms with E-state index in [1.807, 2.05) is 6.07 Å². The number of benzene rings is 1. The first kappa shape index (κ1) is 20.0. The van der Waals surface area contributed by atoms with Crippen LogP contribution in [-0.4, -0.2) is 51.8 Å². The first-order valence-corrected chi connectivity index (χ1v) is 9.37. The molecule has 2 aromatic rings. The van der Waals surface area contributed by atoms with E-state index in [0.29, 0.717) is 29.1 Å². The van der Waals surface area contributed by atoms with Gasteiger partial charge in [-0.15, -0.1) is 0 Å². The molecule has 1 aromatic heterocycles. The molecule has 1 aliphatic rings. The summed E-state index contributed by atoms with van der Waals surface area (Å²) in [6.45, 7) is 6.57. The topological polar surface area (TPSA) is 128 Å². The van der Waals surface area contributed by atoms with E-state index in [-0.39, 0.29) is 11.9 Å². The number of carbonyl (C=O) groups is 1. The van der Waals surface area contributed by atoms with Gasteiger partial charge in [0, 0.05) is 31.5 Å². The smallest absolute Gasteiger partial charge is 0.240 e. The third-order valence-corrected chi connectivity index (χ3v) is 5.11. The molecular weight excluding hydrogens is 356 g/mol. The molecule has 1 aliphatic heterocycles. The van der Waals surface area contributed by atoms with Crippen molar-refractivity contribution in [2.24, 2.45) is 11.7 Å². The number of piperidine rings is 1. The van der Waals surface area contributed by atoms with E-state index in [1.54, 1.807) is 18.5 Å². The van der Waals surface area contributed by atoms with Crippen LogP contribution >= 0.6 is 0 Å². The lowest BCUT2D eigenvalue weighted by molar-refractivity contribution is -0.128. The Morgan fingerprint density at radius 1 is 1.36 bits per heavy atom. The maximum atomic E-state index is 12.4. The minimum atomic E-state index is -1.29. The van der Waals surface area contributed by atoms with E-state index in [0.717, 1.165) is 18.7 Å². The lowest BCUT2D eigenvalue weighted by atomic mass is 9.93. The lowest BCUT2D eigenvalue weighted by Gasteiger charge is -2.39. The van der Waals surface area contributed by atoms with Crippen molar-refractivity contribution in [1.29, 1.82) is 5.26 Å². The lowest BCUT2D eigenvalue weighted by Crippen LogP contribution is -2.58. The van der Waals surface area contributed by atoms with Crippen molar-refractivity contribution in [3.8, 4) is 6.07 Å². The molecule has 0 saturated carbocycles. The summed E-state index contributed by atoms with van der Waals surface area (Å²) in [6, 6.07) is 4.69. The van der Waals surface area contributed by atoms with Crippen molar-refractivity contribution >= 4 is 22.6 Å². The van der Waals surface area contributed by atoms with Gasteiger partial charge in [0.15, 0.2) is 0 Å². The molecule has 2 heterocycles. The van der Waals surface area contributed by atoms with Crippen LogP contribution in [0.3, 0.4) is 0 Å². The van der Waals surface area contributed by atoms with Crippen molar-refractivity contribution in [2.75, 3.05) is 18.0 Å². The highest BCUT2D eigenvalue weighted by Crippen LogP contribution is 2.30. The second kappa shape index (κ2) is 7.70. The largest absolute Gasteiger partial charge is 0.388 e. The quantitative estimate of drug-likeness (QED) is 0.717. The maximum absolute atomic E-state index is 12.4. The van der Waals surface area contributed by atoms with E-state index in [4.69, 9.17) is 5.73 Å². The highest BCUT2D eigenvalue weighted by Gasteiger charge is 2.33. The molecule has 3 atom stereocenters. The van der Waals surface area contributed by atoms with Gasteiger partial charge in [-0.05, 0) is 38.3 Å². The molecule has 1 amide bonds. The number of hydrogen-bond donors (Lipinski definition) is 3. The van der Waals surface area contributed by atoms with Crippen molar-refractivity contribution in [1.82, 2.24) is 15.3 Å². The maximum Gasteiger partial charge on any atom is 0.240 e. The van der Waals surface area contributed by atoms with Crippen molar-refractivity contribution in [2.45, 2.75) is 44.9 Å². The van der Waals surface area contributed by atoms with Gasteiger partial charge < -0.3 is 21.1 Å². The first-order chi connectivity index (χ1) is 13.2. The van der Waals surface area contributed by atoms with Crippen molar-refractivity contribution in [3.63, 3.8) is 0 Å². The number of anilines is 1. The zero-order valence-corrected chi connectivity index (χ0v) is 16.4. The number of hydrogen-bond acceptors (Lipinski definition) is 7. The van der Waals surface area contributed by atoms with Gasteiger partial charge in [-0.2, -0.15) is 5.26 Å². The predicted octanol–water partition coefficient (Wildman–Crippen LogP) is 0.931. The molecule has 1 saturated heterocycles. The first-order valence-electron chi connectivity index (χ1n) is 9.37. The molecule has 0 radical (unpaired) electrons. The van der Waals surface area contributed by atoms with Crippen LogP contribution in [0.25, 0.3) is 11.0 Å². The van der Waals surface area contributed by atoms with E-state index < -0.39 is 11.6 Å². The summed E-state index contributed by atoms with van der Waals surface area (Å²) in [4.78, 5) is 23.3. The van der Waals surface area contributed by atoms with Gasteiger partial charge in [0.1, 0.15) is 23.1 Å². The summed E-state index contributed by atoms with van der Waals surface area (Å²) >= 11 is 0. The third kappa shape index (κ3) is 4.06. The number of amides is 1. The number of nitriles is 1. The van der Waals surface area contributed by atoms with Gasteiger partial charge in [0.25, 0.3) is 0 Å². The number of rotatable bonds is 4. The summed E-state index contributed by atoms with van der Waals surface area (Å²) in [7, 11) is 0. The molecule has 8 heteroatoms. The molecular formula is C20H26N6O2. The number of nitrogens with two attached hydrogens (primary N) is 1. The Labute approximate surface area is 164 Å². The third-order valence-electron chi connectivity index (χ3n) is 5.11. The molecule has 0 aliphatic carbocycles. The van der Waals surface area contributed by atoms with Crippen LogP contribution in [0.4, 0.5) is 5.69 Å². The Balaban J connectivity index is 1.85. The van der Waals surface area contributed by atoms with Crippen molar-refractivity contribution in [3.05, 3.63) is 30.1 Å². The number of nitrogens with one attached hydrogen (secondary N) is 1. The van der Waals surface area contributed by atoms with Crippen LogP contribution in [0.5, 0.6) is 0 Å². The van der Waals surface area contributed by atoms with Crippen LogP contribution < -0.4 is 16.0 Å². The fourth-order valence-electron chi connectivity index (χ4n) is 3.65. The van der Waals surface area contributed by atoms with Crippen molar-refractivity contribution < 1.29 is 9.90 Å². The van der Waals surface area contributed by atoms with Gasteiger partial charge in [0.05, 0.1) is 16.9 Å². The van der Waals surface area contributed by atoms with Crippen LogP contribution in [0.15, 0.2) is 24.5 Å². The highest BCUT2D eigenvalue weighted by atomic mass is 16.3. The van der Waals surface area contributed by atoms with Gasteiger partial charge >= 0.3 is 0 Å². The molecule has 4 N–H and O–H groups in total. The number of fused-ring (bicyclic) bond motifs is 1. The summed E-state index contributed by atoms with van der Waals surface area (Å²) in [6.07, 6.45) is 4.01. The highest BCUT2D eigenvalue weighted by molar-refractivity contribution is 5.92. The van der Waals surface area contributed by atoms with Gasteiger partial charge in [-0.1, -0.05) is 6.92 Å². The summed E-state index contributed by atoms with van der Waals surface area (Å²) in [5.41, 5.74) is 7.21. The SMILES string of the molecule is C[C@H]1C[C@@H](NC(=O)[C@@H](N)C(C)(C)O)CN(c2ccc(C#N)c3nccnc23)C1. The number of nitrogens with zero attached hydrogens (tertiary/aromatic N) is 4. The number of aliphatic hydroxyl groups is 1. The van der Waals surface area contributed by atoms with E-state index in [1.165, 1.54) is 13.8 Å². The molecule has 1 fully saturated rings. The van der Waals surface area contributed by atoms with Crippen LogP contribution in [-0.2, 0) is 4.79 Å². The molecule has 0 bridgehead atoms. The average Bonchev–Trinajstić information content (AvgIpc) is 2.65. The summed E-state index contributed by atoms with van der Waals surface area (Å²) in [5.74, 6) is -0.0317. The summed E-state index contributed by atoms with van der Waals surface area (Å²) < 4.78 is 0. The average molecular weight is 382 g/mol. The molecule has 0 spiro atoms. The van der Waals surface area contributed by atoms with Crippen LogP contribution in [0.1, 0.15) is 32.8 Å². The zero-order chi connectivity index (χ0) is 20.5. The molecule has 3 rings (SSSR count). The Morgan fingerprint density at radius 3 is 2.68 bits per heavy atom. The van der Waals surface area contributed by atoms with E-state index in [9.17, 15) is 15.2 Å². The molecule has 28 heavy (non-hydrogen) atoms. The molecule has 1 aromatic carbocycles. The summed E-state index contributed by atoms with van der Waals surface area (Å²) in [5, 5.41) is 22.3. The minimum Gasteiger partial charge on any atom is -0.388 e. The van der Waals surface area contributed by atoms with Crippen LogP contribution in [0, 0.1) is 17.2 Å². The second-order valence-electron chi connectivity index (χ2n) is 8.08. The fourth-order valence-corrected chi connectivity index (χ4v) is 3.65. The van der Waals surface area contributed by atoms with Crippen LogP contribution in [0.2, 0.25) is 0 Å². The predicted molar refractivity (Wildman–Crippen MR) is 106 cm³/mol. The monoisotopic (exact) mass is 382 g/mol. The van der Waals surface area contributed by atoms with Gasteiger partial charge in [-0.3, -0.25) is 14.8 Å². The minimum absolute atomic E-state index is 0.105. The normalized spacial score (nSPS) is 21.2. The van der Waals surface area contributed by atoms with E-state index >= 15 is 0 Å². The van der Waals surface area contributed by atoms with Gasteiger partial charge in [0.2, 0.25) is 5.91 Å². The standard InChI is InChI=1S/C20H26N6O2/c1-12-8-14(25-19(27)18(22)20(2,3)28)11-26(10-12)15-5-4-13(9-21)16-17(15)24-7-6-23-16/h4-7,12,14,18,28H,8,10-11,22H2,1-3H3,(H,25,27)/t12-,14+,18+/m0/s1. The fraction of sp³-hybridized carbons (Fsp3) is 0.500. The molecule has 0 unspecified atom stereocenters. The number of carbonyl (C=O) groups excluding carboxylic acids is 1. The zero-order valence-electron chi connectivity index (χ0n) is 16.4. The van der Waals surface area contributed by atoms with Gasteiger partial charge in [-0.25, -0.2) is 0 Å². The Morgan fingerprint density at radius 2 is 2.04 bits per heavy atom. The Kier molecular flexibility index (Phi) is 5.49. The second-order valence-corrected chi connectivity index (χ2v) is 8.08. The molecule has 148 valence electrons.